The summed E-state index contributed by atoms with van der Waals surface area (Å²) in [6.07, 6.45) is 0. The smallest absolute Gasteiger partial charge is 0.274 e. The van der Waals surface area contributed by atoms with Crippen LogP contribution in [0.3, 0.4) is 0 Å². The van der Waals surface area contributed by atoms with Gasteiger partial charge in [-0.1, -0.05) is 11.6 Å². The minimum absolute atomic E-state index is 0.224. The van der Waals surface area contributed by atoms with Crippen LogP contribution in [0.1, 0.15) is 21.2 Å². The zero-order valence-electron chi connectivity index (χ0n) is 11.5. The predicted octanol–water partition coefficient (Wildman–Crippen LogP) is 2.81. The maximum absolute atomic E-state index is 12.4. The van der Waals surface area contributed by atoms with Gasteiger partial charge in [0.2, 0.25) is 0 Å². The molecule has 0 bridgehead atoms. The second-order valence-electron chi connectivity index (χ2n) is 4.30. The molecular weight excluding hydrogens is 296 g/mol. The number of amides is 1. The topological polar surface area (TPSA) is 58.1 Å². The van der Waals surface area contributed by atoms with Gasteiger partial charge in [0.1, 0.15) is 11.5 Å². The van der Waals surface area contributed by atoms with Crippen LogP contribution in [0.4, 0.5) is 5.82 Å². The van der Waals surface area contributed by atoms with Crippen LogP contribution in [0.25, 0.3) is 0 Å². The normalized spacial score (nSPS) is 10.4. The molecule has 2 heterocycles. The molecule has 0 saturated heterocycles. The molecule has 2 aromatic rings. The van der Waals surface area contributed by atoms with Crippen molar-refractivity contribution in [1.82, 2.24) is 14.9 Å². The first-order valence-corrected chi connectivity index (χ1v) is 7.27. The average molecular weight is 311 g/mol. The van der Waals surface area contributed by atoms with Crippen molar-refractivity contribution in [2.75, 3.05) is 19.4 Å². The third kappa shape index (κ3) is 3.26. The molecule has 0 radical (unpaired) electrons. The van der Waals surface area contributed by atoms with Crippen LogP contribution in [-0.4, -0.2) is 34.9 Å². The fraction of sp³-hybridized carbons (Fsp3) is 0.308. The standard InChI is InChI=1S/C13H15ClN4OS/c1-8-16-9(7-20-8)6-18(3)13(19)12-10(14)4-5-11(15-2)17-12/h4-5,7H,6H2,1-3H3,(H,15,17). The van der Waals surface area contributed by atoms with Gasteiger partial charge in [-0.25, -0.2) is 9.97 Å². The molecule has 1 N–H and O–H groups in total. The molecule has 0 unspecified atom stereocenters. The molecule has 0 spiro atoms. The van der Waals surface area contributed by atoms with Gasteiger partial charge >= 0.3 is 0 Å². The molecule has 0 saturated carbocycles. The summed E-state index contributed by atoms with van der Waals surface area (Å²) < 4.78 is 0. The Morgan fingerprint density at radius 2 is 2.20 bits per heavy atom. The van der Waals surface area contributed by atoms with E-state index >= 15 is 0 Å². The molecule has 0 aliphatic carbocycles. The Bertz CT molecular complexity index is 629. The Morgan fingerprint density at radius 3 is 2.80 bits per heavy atom. The lowest BCUT2D eigenvalue weighted by atomic mass is 10.3. The molecule has 20 heavy (non-hydrogen) atoms. The Morgan fingerprint density at radius 1 is 1.45 bits per heavy atom. The van der Waals surface area contributed by atoms with E-state index in [1.807, 2.05) is 12.3 Å². The number of rotatable bonds is 4. The minimum Gasteiger partial charge on any atom is -0.373 e. The maximum Gasteiger partial charge on any atom is 0.274 e. The highest BCUT2D eigenvalue weighted by Gasteiger charge is 2.18. The third-order valence-electron chi connectivity index (χ3n) is 2.72. The number of anilines is 1. The number of hydrogen-bond donors (Lipinski definition) is 1. The highest BCUT2D eigenvalue weighted by molar-refractivity contribution is 7.09. The second-order valence-corrected chi connectivity index (χ2v) is 5.77. The number of pyridine rings is 1. The lowest BCUT2D eigenvalue weighted by Crippen LogP contribution is -2.27. The number of nitrogens with zero attached hydrogens (tertiary/aromatic N) is 3. The number of hydrogen-bond acceptors (Lipinski definition) is 5. The number of halogens is 1. The Balaban J connectivity index is 2.17. The van der Waals surface area contributed by atoms with Gasteiger partial charge in [-0.3, -0.25) is 4.79 Å². The summed E-state index contributed by atoms with van der Waals surface area (Å²) in [6, 6.07) is 3.39. The van der Waals surface area contributed by atoms with Crippen LogP contribution in [0.5, 0.6) is 0 Å². The van der Waals surface area contributed by atoms with Crippen molar-refractivity contribution in [2.45, 2.75) is 13.5 Å². The molecule has 0 aromatic carbocycles. The van der Waals surface area contributed by atoms with Gasteiger partial charge in [0, 0.05) is 19.5 Å². The first-order valence-electron chi connectivity index (χ1n) is 6.02. The van der Waals surface area contributed by atoms with Crippen molar-refractivity contribution in [3.63, 3.8) is 0 Å². The summed E-state index contributed by atoms with van der Waals surface area (Å²) in [5.74, 6) is 0.383. The van der Waals surface area contributed by atoms with Crippen molar-refractivity contribution in [1.29, 1.82) is 0 Å². The number of nitrogens with one attached hydrogen (secondary N) is 1. The molecule has 0 atom stereocenters. The Kier molecular flexibility index (Phi) is 4.57. The van der Waals surface area contributed by atoms with Crippen LogP contribution in [0, 0.1) is 6.92 Å². The Labute approximate surface area is 126 Å². The van der Waals surface area contributed by atoms with E-state index < -0.39 is 0 Å². The fourth-order valence-corrected chi connectivity index (χ4v) is 2.50. The van der Waals surface area contributed by atoms with E-state index in [2.05, 4.69) is 15.3 Å². The van der Waals surface area contributed by atoms with Crippen LogP contribution in [-0.2, 0) is 6.54 Å². The highest BCUT2D eigenvalue weighted by Crippen LogP contribution is 2.19. The van der Waals surface area contributed by atoms with Crippen LogP contribution in [0.2, 0.25) is 5.02 Å². The van der Waals surface area contributed by atoms with Gasteiger partial charge < -0.3 is 10.2 Å². The van der Waals surface area contributed by atoms with E-state index in [0.29, 0.717) is 17.4 Å². The average Bonchev–Trinajstić information content (AvgIpc) is 2.84. The van der Waals surface area contributed by atoms with Crippen LogP contribution < -0.4 is 5.32 Å². The van der Waals surface area contributed by atoms with Crippen molar-refractivity contribution < 1.29 is 4.79 Å². The van der Waals surface area contributed by atoms with Crippen molar-refractivity contribution in [2.24, 2.45) is 0 Å². The number of carbonyl (C=O) groups is 1. The molecule has 7 heteroatoms. The van der Waals surface area contributed by atoms with Gasteiger partial charge in [0.25, 0.3) is 5.91 Å². The first kappa shape index (κ1) is 14.7. The molecule has 2 aromatic heterocycles. The molecular formula is C13H15ClN4OS. The van der Waals surface area contributed by atoms with Gasteiger partial charge in [-0.15, -0.1) is 11.3 Å². The SMILES string of the molecule is CNc1ccc(Cl)c(C(=O)N(C)Cc2csc(C)n2)n1. The second kappa shape index (κ2) is 6.19. The minimum atomic E-state index is -0.224. The van der Waals surface area contributed by atoms with E-state index in [4.69, 9.17) is 11.6 Å². The van der Waals surface area contributed by atoms with Crippen LogP contribution in [0.15, 0.2) is 17.5 Å². The van der Waals surface area contributed by atoms with Crippen molar-refractivity contribution in [3.8, 4) is 0 Å². The number of thiazole rings is 1. The summed E-state index contributed by atoms with van der Waals surface area (Å²) in [5, 5.41) is 6.16. The van der Waals surface area contributed by atoms with Crippen molar-refractivity contribution >= 4 is 34.7 Å². The fourth-order valence-electron chi connectivity index (χ4n) is 1.71. The van der Waals surface area contributed by atoms with Gasteiger partial charge in [0.05, 0.1) is 22.3 Å². The first-order chi connectivity index (χ1) is 9.51. The largest absolute Gasteiger partial charge is 0.373 e. The zero-order valence-corrected chi connectivity index (χ0v) is 13.0. The predicted molar refractivity (Wildman–Crippen MR) is 81.4 cm³/mol. The Hall–Kier alpha value is -1.66. The van der Waals surface area contributed by atoms with E-state index in [1.165, 1.54) is 0 Å². The van der Waals surface area contributed by atoms with Crippen molar-refractivity contribution in [3.05, 3.63) is 38.9 Å². The summed E-state index contributed by atoms with van der Waals surface area (Å²) >= 11 is 7.61. The number of aryl methyl sites for hydroxylation is 1. The van der Waals surface area contributed by atoms with E-state index in [-0.39, 0.29) is 11.6 Å². The van der Waals surface area contributed by atoms with E-state index in [0.717, 1.165) is 10.7 Å². The van der Waals surface area contributed by atoms with E-state index in [9.17, 15) is 4.79 Å². The lowest BCUT2D eigenvalue weighted by Gasteiger charge is -2.16. The lowest BCUT2D eigenvalue weighted by molar-refractivity contribution is 0.0778. The van der Waals surface area contributed by atoms with Gasteiger partial charge in [-0.05, 0) is 19.1 Å². The molecule has 106 valence electrons. The molecule has 0 fully saturated rings. The van der Waals surface area contributed by atoms with Gasteiger partial charge in [0.15, 0.2) is 0 Å². The summed E-state index contributed by atoms with van der Waals surface area (Å²) in [6.45, 7) is 2.37. The highest BCUT2D eigenvalue weighted by atomic mass is 35.5. The third-order valence-corrected chi connectivity index (χ3v) is 3.84. The molecule has 1 amide bonds. The van der Waals surface area contributed by atoms with Crippen LogP contribution >= 0.6 is 22.9 Å². The zero-order chi connectivity index (χ0) is 14.7. The summed E-state index contributed by atoms with van der Waals surface area (Å²) in [5.41, 5.74) is 1.11. The van der Waals surface area contributed by atoms with Gasteiger partial charge in [-0.2, -0.15) is 0 Å². The monoisotopic (exact) mass is 310 g/mol. The molecule has 5 nitrogen and oxygen atoms in total. The molecule has 2 rings (SSSR count). The molecule has 0 aliphatic rings. The maximum atomic E-state index is 12.4. The molecule has 0 aliphatic heterocycles. The summed E-state index contributed by atoms with van der Waals surface area (Å²) in [7, 11) is 3.45. The number of carbonyl (C=O) groups excluding carboxylic acids is 1. The summed E-state index contributed by atoms with van der Waals surface area (Å²) in [4.78, 5) is 22.5. The number of aromatic nitrogens is 2. The van der Waals surface area contributed by atoms with E-state index in [1.54, 1.807) is 42.5 Å². The quantitative estimate of drug-likeness (QED) is 0.943.